The molecule has 0 amide bonds. The van der Waals surface area contributed by atoms with Gasteiger partial charge in [0.1, 0.15) is 10.9 Å². The molecule has 0 spiro atoms. The lowest BCUT2D eigenvalue weighted by molar-refractivity contribution is -0.145. The van der Waals surface area contributed by atoms with E-state index < -0.39 is 5.54 Å². The molecule has 0 saturated carbocycles. The summed E-state index contributed by atoms with van der Waals surface area (Å²) in [7, 11) is 0. The summed E-state index contributed by atoms with van der Waals surface area (Å²) in [6.07, 6.45) is 0. The number of carbonyl (C=O) groups is 1. The van der Waals surface area contributed by atoms with Crippen LogP contribution in [0.1, 0.15) is 6.92 Å². The Labute approximate surface area is 75.3 Å². The van der Waals surface area contributed by atoms with Gasteiger partial charge in [0.15, 0.2) is 0 Å². The molecule has 12 heavy (non-hydrogen) atoms. The van der Waals surface area contributed by atoms with E-state index in [1.807, 2.05) is 5.40 Å². The molecule has 0 aromatic rings. The van der Waals surface area contributed by atoms with Crippen LogP contribution in [-0.4, -0.2) is 30.4 Å². The van der Waals surface area contributed by atoms with E-state index >= 15 is 0 Å². The van der Waals surface area contributed by atoms with Crippen molar-refractivity contribution in [3.63, 3.8) is 0 Å². The molecule has 1 fully saturated rings. The number of esters is 1. The molecule has 1 atom stereocenters. The molecule has 1 rings (SSSR count). The van der Waals surface area contributed by atoms with E-state index in [4.69, 9.17) is 10.00 Å². The molecule has 1 aliphatic rings. The number of carbonyl (C=O) groups excluding carboxylic acids is 1. The van der Waals surface area contributed by atoms with Crippen LogP contribution in [0.2, 0.25) is 0 Å². The lowest BCUT2D eigenvalue weighted by Gasteiger charge is -2.08. The van der Waals surface area contributed by atoms with Crippen LogP contribution >= 0.6 is 11.8 Å². The van der Waals surface area contributed by atoms with Gasteiger partial charge >= 0.3 is 5.97 Å². The van der Waals surface area contributed by atoms with Crippen molar-refractivity contribution >= 4 is 17.7 Å². The SMILES string of the molecule is CCOC(=O)C1(CSC#N)CN1. The highest BCUT2D eigenvalue weighted by Gasteiger charge is 2.50. The predicted octanol–water partition coefficient (Wildman–Crippen LogP) is 0.106. The molecule has 0 aliphatic carbocycles. The number of rotatable bonds is 4. The summed E-state index contributed by atoms with van der Waals surface area (Å²) in [5.41, 5.74) is -0.559. The standard InChI is InChI=1S/C7H10N2O2S/c1-2-11-6(10)7(3-9-7)4-12-5-8/h9H,2-4H2,1H3. The minimum Gasteiger partial charge on any atom is -0.465 e. The van der Waals surface area contributed by atoms with E-state index in [1.165, 1.54) is 0 Å². The van der Waals surface area contributed by atoms with Crippen LogP contribution < -0.4 is 5.32 Å². The highest BCUT2D eigenvalue weighted by Crippen LogP contribution is 2.23. The van der Waals surface area contributed by atoms with Gasteiger partial charge < -0.3 is 4.74 Å². The number of hydrogen-bond donors (Lipinski definition) is 1. The summed E-state index contributed by atoms with van der Waals surface area (Å²) >= 11 is 1.07. The van der Waals surface area contributed by atoms with Gasteiger partial charge in [0, 0.05) is 12.3 Å². The number of nitriles is 1. The normalized spacial score (nSPS) is 26.0. The van der Waals surface area contributed by atoms with Crippen LogP contribution in [0.25, 0.3) is 0 Å². The number of hydrogen-bond acceptors (Lipinski definition) is 5. The van der Waals surface area contributed by atoms with Crippen molar-refractivity contribution in [3.05, 3.63) is 0 Å². The van der Waals surface area contributed by atoms with Crippen LogP contribution in [0.15, 0.2) is 0 Å². The first kappa shape index (κ1) is 9.36. The molecule has 1 aliphatic heterocycles. The van der Waals surface area contributed by atoms with Crippen LogP contribution in [0.3, 0.4) is 0 Å². The molecule has 1 unspecified atom stereocenters. The highest BCUT2D eigenvalue weighted by atomic mass is 32.2. The second-order valence-electron chi connectivity index (χ2n) is 2.54. The zero-order valence-corrected chi connectivity index (χ0v) is 7.61. The molecule has 1 N–H and O–H groups in total. The third-order valence-corrected chi connectivity index (χ3v) is 2.42. The minimum atomic E-state index is -0.559. The summed E-state index contributed by atoms with van der Waals surface area (Å²) in [5, 5.41) is 13.2. The van der Waals surface area contributed by atoms with Gasteiger partial charge in [-0.2, -0.15) is 5.26 Å². The van der Waals surface area contributed by atoms with Gasteiger partial charge in [-0.3, -0.25) is 5.32 Å². The molecule has 0 bridgehead atoms. The zero-order chi connectivity index (χ0) is 9.03. The monoisotopic (exact) mass is 186 g/mol. The molecule has 0 aromatic heterocycles. The lowest BCUT2D eigenvalue weighted by Crippen LogP contribution is -2.32. The fraction of sp³-hybridized carbons (Fsp3) is 0.714. The Balaban J connectivity index is 2.38. The number of nitrogens with one attached hydrogen (secondary N) is 1. The molecule has 1 saturated heterocycles. The second kappa shape index (κ2) is 3.78. The number of ether oxygens (including phenoxy) is 1. The van der Waals surface area contributed by atoms with Crippen LogP contribution in [-0.2, 0) is 9.53 Å². The molecular formula is C7H10N2O2S. The first-order chi connectivity index (χ1) is 5.75. The van der Waals surface area contributed by atoms with Crippen LogP contribution in [0, 0.1) is 10.7 Å². The Morgan fingerprint density at radius 2 is 2.58 bits per heavy atom. The van der Waals surface area contributed by atoms with E-state index in [0.29, 0.717) is 18.9 Å². The molecule has 5 heteroatoms. The maximum Gasteiger partial charge on any atom is 0.328 e. The summed E-state index contributed by atoms with van der Waals surface area (Å²) in [4.78, 5) is 11.2. The Kier molecular flexibility index (Phi) is 2.95. The van der Waals surface area contributed by atoms with Gasteiger partial charge in [0.2, 0.25) is 0 Å². The van der Waals surface area contributed by atoms with E-state index in [-0.39, 0.29) is 5.97 Å². The third kappa shape index (κ3) is 1.90. The van der Waals surface area contributed by atoms with Gasteiger partial charge in [-0.25, -0.2) is 4.79 Å². The first-order valence-electron chi connectivity index (χ1n) is 3.68. The van der Waals surface area contributed by atoms with E-state index in [0.717, 1.165) is 11.8 Å². The average Bonchev–Trinajstić information content (AvgIpc) is 2.82. The number of thiocyanates is 1. The maximum absolute atomic E-state index is 11.2. The molecular weight excluding hydrogens is 176 g/mol. The largest absolute Gasteiger partial charge is 0.465 e. The maximum atomic E-state index is 11.2. The topological polar surface area (TPSA) is 72.0 Å². The van der Waals surface area contributed by atoms with Crippen molar-refractivity contribution in [1.29, 1.82) is 5.26 Å². The van der Waals surface area contributed by atoms with Gasteiger partial charge in [-0.1, -0.05) is 0 Å². The van der Waals surface area contributed by atoms with Gasteiger partial charge in [-0.05, 0) is 18.7 Å². The van der Waals surface area contributed by atoms with E-state index in [1.54, 1.807) is 6.92 Å². The zero-order valence-electron chi connectivity index (χ0n) is 6.79. The fourth-order valence-electron chi connectivity index (χ4n) is 0.837. The smallest absolute Gasteiger partial charge is 0.328 e. The second-order valence-corrected chi connectivity index (χ2v) is 3.30. The number of nitrogens with zero attached hydrogens (tertiary/aromatic N) is 1. The Hall–Kier alpha value is -0.730. The molecule has 0 radical (unpaired) electrons. The summed E-state index contributed by atoms with van der Waals surface area (Å²) in [5.74, 6) is 0.232. The minimum absolute atomic E-state index is 0.243. The van der Waals surface area contributed by atoms with Gasteiger partial charge in [0.05, 0.1) is 6.61 Å². The Morgan fingerprint density at radius 3 is 3.00 bits per heavy atom. The molecule has 0 aromatic carbocycles. The van der Waals surface area contributed by atoms with E-state index in [9.17, 15) is 4.79 Å². The van der Waals surface area contributed by atoms with Crippen LogP contribution in [0.5, 0.6) is 0 Å². The molecule has 1 heterocycles. The van der Waals surface area contributed by atoms with E-state index in [2.05, 4.69) is 5.32 Å². The third-order valence-electron chi connectivity index (χ3n) is 1.65. The summed E-state index contributed by atoms with van der Waals surface area (Å²) in [6.45, 7) is 2.78. The van der Waals surface area contributed by atoms with Crippen molar-refractivity contribution in [2.75, 3.05) is 18.9 Å². The lowest BCUT2D eigenvalue weighted by atomic mass is 10.2. The van der Waals surface area contributed by atoms with Crippen molar-refractivity contribution < 1.29 is 9.53 Å². The fourth-order valence-corrected chi connectivity index (χ4v) is 1.47. The summed E-state index contributed by atoms with van der Waals surface area (Å²) < 4.78 is 4.84. The van der Waals surface area contributed by atoms with Gasteiger partial charge in [0.25, 0.3) is 0 Å². The highest BCUT2D eigenvalue weighted by molar-refractivity contribution is 8.03. The number of thioether (sulfide) groups is 1. The first-order valence-corrected chi connectivity index (χ1v) is 4.67. The molecule has 4 nitrogen and oxygen atoms in total. The van der Waals surface area contributed by atoms with Crippen molar-refractivity contribution in [2.24, 2.45) is 0 Å². The van der Waals surface area contributed by atoms with Gasteiger partial charge in [-0.15, -0.1) is 0 Å². The van der Waals surface area contributed by atoms with Crippen LogP contribution in [0.4, 0.5) is 0 Å². The quantitative estimate of drug-likeness (QED) is 0.383. The van der Waals surface area contributed by atoms with Crippen molar-refractivity contribution in [1.82, 2.24) is 5.32 Å². The molecule has 66 valence electrons. The summed E-state index contributed by atoms with van der Waals surface area (Å²) in [6, 6.07) is 0. The Morgan fingerprint density at radius 1 is 1.92 bits per heavy atom. The Bertz CT molecular complexity index is 220. The van der Waals surface area contributed by atoms with Crippen molar-refractivity contribution in [3.8, 4) is 5.40 Å². The van der Waals surface area contributed by atoms with Crippen molar-refractivity contribution in [2.45, 2.75) is 12.5 Å². The average molecular weight is 186 g/mol. The predicted molar refractivity (Wildman–Crippen MR) is 45.4 cm³/mol.